The van der Waals surface area contributed by atoms with E-state index in [1.165, 1.54) is 6.42 Å². The smallest absolute Gasteiger partial charge is 0.0897 e. The Kier molecular flexibility index (Phi) is 10.8. The van der Waals surface area contributed by atoms with Gasteiger partial charge in [0.15, 0.2) is 0 Å². The van der Waals surface area contributed by atoms with Crippen molar-refractivity contribution in [2.75, 3.05) is 40.0 Å². The van der Waals surface area contributed by atoms with Gasteiger partial charge in [-0.2, -0.15) is 0 Å². The molecule has 0 aromatic heterocycles. The first kappa shape index (κ1) is 13.8. The van der Waals surface area contributed by atoms with Gasteiger partial charge in [0, 0.05) is 26.8 Å². The first-order valence-electron chi connectivity index (χ1n) is 5.26. The first-order chi connectivity index (χ1) is 6.81. The van der Waals surface area contributed by atoms with Crippen molar-refractivity contribution in [1.29, 1.82) is 0 Å². The summed E-state index contributed by atoms with van der Waals surface area (Å²) in [6.07, 6.45) is 1.86. The number of aliphatic hydroxyl groups excluding tert-OH is 1. The van der Waals surface area contributed by atoms with Crippen LogP contribution in [0.4, 0.5) is 0 Å². The number of hydrogen-bond donors (Lipinski definition) is 2. The average Bonchev–Trinajstić information content (AvgIpc) is 2.17. The second kappa shape index (κ2) is 10.9. The lowest BCUT2D eigenvalue weighted by Gasteiger charge is -2.10. The van der Waals surface area contributed by atoms with Crippen molar-refractivity contribution < 1.29 is 14.6 Å². The summed E-state index contributed by atoms with van der Waals surface area (Å²) >= 11 is 0. The summed E-state index contributed by atoms with van der Waals surface area (Å²) in [7, 11) is 1.58. The van der Waals surface area contributed by atoms with Crippen LogP contribution < -0.4 is 5.32 Å². The summed E-state index contributed by atoms with van der Waals surface area (Å²) in [4.78, 5) is 0. The zero-order valence-corrected chi connectivity index (χ0v) is 9.29. The number of hydrogen-bond acceptors (Lipinski definition) is 4. The zero-order chi connectivity index (χ0) is 10.6. The third kappa shape index (κ3) is 9.92. The molecule has 0 bridgehead atoms. The van der Waals surface area contributed by atoms with E-state index in [0.29, 0.717) is 19.8 Å². The molecular weight excluding hydrogens is 182 g/mol. The van der Waals surface area contributed by atoms with Gasteiger partial charge in [-0.1, -0.05) is 13.3 Å². The maximum absolute atomic E-state index is 9.26. The molecule has 4 nitrogen and oxygen atoms in total. The lowest BCUT2D eigenvalue weighted by Crippen LogP contribution is -2.32. The van der Waals surface area contributed by atoms with E-state index in [-0.39, 0.29) is 0 Å². The van der Waals surface area contributed by atoms with Gasteiger partial charge in [-0.15, -0.1) is 0 Å². The Morgan fingerprint density at radius 3 is 2.79 bits per heavy atom. The summed E-state index contributed by atoms with van der Waals surface area (Å²) in [5.74, 6) is 0. The molecule has 0 aliphatic heterocycles. The molecular formula is C10H23NO3. The fourth-order valence-corrected chi connectivity index (χ4v) is 1.01. The summed E-state index contributed by atoms with van der Waals surface area (Å²) in [5, 5.41) is 12.4. The van der Waals surface area contributed by atoms with Gasteiger partial charge < -0.3 is 19.9 Å². The number of ether oxygens (including phenoxy) is 2. The van der Waals surface area contributed by atoms with Crippen LogP contribution in [0.15, 0.2) is 0 Å². The second-order valence-electron chi connectivity index (χ2n) is 3.28. The molecule has 0 aliphatic rings. The van der Waals surface area contributed by atoms with Gasteiger partial charge in [-0.05, 0) is 6.42 Å². The van der Waals surface area contributed by atoms with Crippen LogP contribution in [-0.2, 0) is 9.47 Å². The molecule has 0 amide bonds. The molecule has 86 valence electrons. The zero-order valence-electron chi connectivity index (χ0n) is 9.29. The van der Waals surface area contributed by atoms with Crippen molar-refractivity contribution in [3.05, 3.63) is 0 Å². The van der Waals surface area contributed by atoms with Crippen LogP contribution in [0, 0.1) is 0 Å². The molecule has 0 fully saturated rings. The van der Waals surface area contributed by atoms with Gasteiger partial charge in [0.25, 0.3) is 0 Å². The first-order valence-corrected chi connectivity index (χ1v) is 5.26. The highest BCUT2D eigenvalue weighted by Gasteiger charge is 2.00. The standard InChI is InChI=1S/C10H23NO3/c1-3-4-6-14-7-5-11-8-10(12)9-13-2/h10-12H,3-9H2,1-2H3. The molecule has 14 heavy (non-hydrogen) atoms. The monoisotopic (exact) mass is 205 g/mol. The molecule has 0 radical (unpaired) electrons. The van der Waals surface area contributed by atoms with Gasteiger partial charge in [0.05, 0.1) is 19.3 Å². The normalized spacial score (nSPS) is 13.1. The van der Waals surface area contributed by atoms with E-state index in [1.54, 1.807) is 7.11 Å². The van der Waals surface area contributed by atoms with Gasteiger partial charge in [-0.3, -0.25) is 0 Å². The Hall–Kier alpha value is -0.160. The second-order valence-corrected chi connectivity index (χ2v) is 3.28. The van der Waals surface area contributed by atoms with E-state index >= 15 is 0 Å². The van der Waals surface area contributed by atoms with E-state index in [9.17, 15) is 5.11 Å². The van der Waals surface area contributed by atoms with Gasteiger partial charge in [0.2, 0.25) is 0 Å². The number of aliphatic hydroxyl groups is 1. The highest BCUT2D eigenvalue weighted by molar-refractivity contribution is 4.57. The Labute approximate surface area is 86.6 Å². The van der Waals surface area contributed by atoms with Crippen LogP contribution in [0.5, 0.6) is 0 Å². The Morgan fingerprint density at radius 2 is 2.14 bits per heavy atom. The molecule has 1 unspecified atom stereocenters. The number of unbranched alkanes of at least 4 members (excludes halogenated alkanes) is 1. The highest BCUT2D eigenvalue weighted by atomic mass is 16.5. The molecule has 0 rings (SSSR count). The van der Waals surface area contributed by atoms with Crippen molar-refractivity contribution in [3.8, 4) is 0 Å². The van der Waals surface area contributed by atoms with Gasteiger partial charge >= 0.3 is 0 Å². The Balaban J connectivity index is 2.98. The Morgan fingerprint density at radius 1 is 1.36 bits per heavy atom. The van der Waals surface area contributed by atoms with Gasteiger partial charge in [0.1, 0.15) is 0 Å². The van der Waals surface area contributed by atoms with Crippen LogP contribution >= 0.6 is 0 Å². The summed E-state index contributed by atoms with van der Waals surface area (Å²) in [6, 6.07) is 0. The third-order valence-corrected chi connectivity index (χ3v) is 1.80. The van der Waals surface area contributed by atoms with E-state index in [1.807, 2.05) is 0 Å². The van der Waals surface area contributed by atoms with Crippen LogP contribution in [-0.4, -0.2) is 51.2 Å². The molecule has 0 heterocycles. The third-order valence-electron chi connectivity index (χ3n) is 1.80. The fourth-order valence-electron chi connectivity index (χ4n) is 1.01. The van der Waals surface area contributed by atoms with Crippen LogP contribution in [0.25, 0.3) is 0 Å². The minimum Gasteiger partial charge on any atom is -0.389 e. The van der Waals surface area contributed by atoms with Crippen molar-refractivity contribution in [2.45, 2.75) is 25.9 Å². The predicted molar refractivity (Wildman–Crippen MR) is 56.5 cm³/mol. The largest absolute Gasteiger partial charge is 0.389 e. The molecule has 0 aromatic rings. The number of nitrogens with one attached hydrogen (secondary N) is 1. The van der Waals surface area contributed by atoms with Crippen molar-refractivity contribution in [3.63, 3.8) is 0 Å². The number of rotatable bonds is 10. The average molecular weight is 205 g/mol. The minimum absolute atomic E-state index is 0.379. The van der Waals surface area contributed by atoms with E-state index in [0.717, 1.165) is 19.6 Å². The minimum atomic E-state index is -0.421. The van der Waals surface area contributed by atoms with E-state index in [4.69, 9.17) is 9.47 Å². The van der Waals surface area contributed by atoms with Crippen LogP contribution in [0.2, 0.25) is 0 Å². The lowest BCUT2D eigenvalue weighted by molar-refractivity contribution is 0.0620. The number of methoxy groups -OCH3 is 1. The molecule has 0 aliphatic carbocycles. The van der Waals surface area contributed by atoms with Gasteiger partial charge in [-0.25, -0.2) is 0 Å². The molecule has 0 aromatic carbocycles. The fraction of sp³-hybridized carbons (Fsp3) is 1.00. The Bertz CT molecular complexity index is 112. The van der Waals surface area contributed by atoms with Crippen molar-refractivity contribution in [2.24, 2.45) is 0 Å². The highest BCUT2D eigenvalue weighted by Crippen LogP contribution is 1.86. The lowest BCUT2D eigenvalue weighted by atomic mass is 10.3. The summed E-state index contributed by atoms with van der Waals surface area (Å²) in [5.41, 5.74) is 0. The topological polar surface area (TPSA) is 50.7 Å². The van der Waals surface area contributed by atoms with E-state index < -0.39 is 6.10 Å². The molecule has 4 heteroatoms. The van der Waals surface area contributed by atoms with Crippen molar-refractivity contribution in [1.82, 2.24) is 5.32 Å². The summed E-state index contributed by atoms with van der Waals surface area (Å²) in [6.45, 7) is 5.40. The maximum atomic E-state index is 9.26. The maximum Gasteiger partial charge on any atom is 0.0897 e. The van der Waals surface area contributed by atoms with Crippen LogP contribution in [0.1, 0.15) is 19.8 Å². The predicted octanol–water partition coefficient (Wildman–Crippen LogP) is 0.400. The molecule has 0 spiro atoms. The van der Waals surface area contributed by atoms with Crippen molar-refractivity contribution >= 4 is 0 Å². The SMILES string of the molecule is CCCCOCCNCC(O)COC. The molecule has 2 N–H and O–H groups in total. The summed E-state index contributed by atoms with van der Waals surface area (Å²) < 4.78 is 10.1. The quantitative estimate of drug-likeness (QED) is 0.507. The molecule has 1 atom stereocenters. The van der Waals surface area contributed by atoms with Crippen LogP contribution in [0.3, 0.4) is 0 Å². The van der Waals surface area contributed by atoms with E-state index in [2.05, 4.69) is 12.2 Å². The molecule has 0 saturated carbocycles. The molecule has 0 saturated heterocycles.